The summed E-state index contributed by atoms with van der Waals surface area (Å²) in [7, 11) is 0. The van der Waals surface area contributed by atoms with Gasteiger partial charge < -0.3 is 15.0 Å². The van der Waals surface area contributed by atoms with Crippen molar-refractivity contribution in [3.63, 3.8) is 0 Å². The van der Waals surface area contributed by atoms with E-state index in [1.165, 1.54) is 0 Å². The van der Waals surface area contributed by atoms with Gasteiger partial charge in [0.2, 0.25) is 11.7 Å². The Morgan fingerprint density at radius 1 is 1.56 bits per heavy atom. The van der Waals surface area contributed by atoms with Crippen LogP contribution in [0.2, 0.25) is 0 Å². The lowest BCUT2D eigenvalue weighted by molar-refractivity contribution is 0.0677. The summed E-state index contributed by atoms with van der Waals surface area (Å²) in [5, 5.41) is 3.94. The molecular formula is C10H17N3O2S. The zero-order valence-electron chi connectivity index (χ0n) is 9.60. The first-order valence-corrected chi connectivity index (χ1v) is 6.51. The molecule has 1 aromatic heterocycles. The van der Waals surface area contributed by atoms with E-state index in [9.17, 15) is 0 Å². The lowest BCUT2D eigenvalue weighted by Crippen LogP contribution is -2.34. The number of nitrogens with zero attached hydrogens (tertiary/aromatic N) is 2. The summed E-state index contributed by atoms with van der Waals surface area (Å²) >= 11 is 1.85. The fourth-order valence-electron chi connectivity index (χ4n) is 1.50. The lowest BCUT2D eigenvalue weighted by Gasteiger charge is -2.18. The molecule has 1 unspecified atom stereocenters. The van der Waals surface area contributed by atoms with E-state index in [4.69, 9.17) is 15.0 Å². The number of nitrogens with two attached hydrogens (primary N) is 1. The largest absolute Gasteiger partial charge is 0.368 e. The highest BCUT2D eigenvalue weighted by molar-refractivity contribution is 7.99. The zero-order valence-corrected chi connectivity index (χ0v) is 10.4. The molecule has 0 aromatic carbocycles. The third-order valence-corrected chi connectivity index (χ3v) is 3.19. The fourth-order valence-corrected chi connectivity index (χ4v) is 2.34. The quantitative estimate of drug-likeness (QED) is 0.858. The molecule has 0 radical (unpaired) electrons. The number of ether oxygens (including phenoxy) is 1. The normalized spacial score (nSPS) is 22.3. The molecule has 1 aliphatic heterocycles. The molecule has 1 saturated heterocycles. The minimum absolute atomic E-state index is 0.0304. The Kier molecular flexibility index (Phi) is 3.51. The zero-order chi connectivity index (χ0) is 11.6. The Hall–Kier alpha value is -0.590. The number of hydrogen-bond donors (Lipinski definition) is 1. The van der Waals surface area contributed by atoms with Gasteiger partial charge in [0.1, 0.15) is 6.10 Å². The van der Waals surface area contributed by atoms with Crippen molar-refractivity contribution in [2.75, 3.05) is 18.1 Å². The second-order valence-electron chi connectivity index (χ2n) is 4.65. The molecule has 1 atom stereocenters. The first kappa shape index (κ1) is 11.9. The van der Waals surface area contributed by atoms with Crippen LogP contribution >= 0.6 is 11.8 Å². The summed E-state index contributed by atoms with van der Waals surface area (Å²) in [5.74, 6) is 3.16. The highest BCUT2D eigenvalue weighted by atomic mass is 32.2. The molecule has 1 fully saturated rings. The van der Waals surface area contributed by atoms with Crippen LogP contribution < -0.4 is 5.73 Å². The van der Waals surface area contributed by atoms with Gasteiger partial charge in [-0.15, -0.1) is 0 Å². The summed E-state index contributed by atoms with van der Waals surface area (Å²) in [5.41, 5.74) is 5.56. The monoisotopic (exact) mass is 243 g/mol. The van der Waals surface area contributed by atoms with Crippen LogP contribution in [0.25, 0.3) is 0 Å². The SMILES string of the molecule is CC(C)(N)Cc1nc(C2CSCCO2)no1. The van der Waals surface area contributed by atoms with Gasteiger partial charge in [0.05, 0.1) is 6.61 Å². The van der Waals surface area contributed by atoms with E-state index in [0.717, 1.165) is 18.1 Å². The smallest absolute Gasteiger partial charge is 0.228 e. The molecule has 90 valence electrons. The summed E-state index contributed by atoms with van der Waals surface area (Å²) < 4.78 is 10.7. The van der Waals surface area contributed by atoms with Gasteiger partial charge in [0, 0.05) is 23.5 Å². The molecule has 0 spiro atoms. The van der Waals surface area contributed by atoms with Crippen LogP contribution in [0, 0.1) is 0 Å². The third-order valence-electron chi connectivity index (χ3n) is 2.19. The summed E-state index contributed by atoms with van der Waals surface area (Å²) in [6.45, 7) is 4.62. The van der Waals surface area contributed by atoms with Crippen LogP contribution in [0.3, 0.4) is 0 Å². The van der Waals surface area contributed by atoms with Gasteiger partial charge in [0.15, 0.2) is 0 Å². The highest BCUT2D eigenvalue weighted by Gasteiger charge is 2.23. The van der Waals surface area contributed by atoms with Crippen molar-refractivity contribution in [3.8, 4) is 0 Å². The second-order valence-corrected chi connectivity index (χ2v) is 5.80. The Bertz CT molecular complexity index is 342. The van der Waals surface area contributed by atoms with E-state index in [1.807, 2.05) is 25.6 Å². The van der Waals surface area contributed by atoms with E-state index < -0.39 is 0 Å². The Labute approximate surface area is 99.1 Å². The fraction of sp³-hybridized carbons (Fsp3) is 0.800. The van der Waals surface area contributed by atoms with E-state index in [2.05, 4.69) is 10.1 Å². The number of thioether (sulfide) groups is 1. The predicted molar refractivity (Wildman–Crippen MR) is 62.3 cm³/mol. The van der Waals surface area contributed by atoms with Crippen molar-refractivity contribution in [3.05, 3.63) is 11.7 Å². The molecule has 2 rings (SSSR count). The van der Waals surface area contributed by atoms with Crippen LogP contribution in [-0.4, -0.2) is 33.8 Å². The molecule has 0 saturated carbocycles. The van der Waals surface area contributed by atoms with Gasteiger partial charge >= 0.3 is 0 Å². The summed E-state index contributed by atoms with van der Waals surface area (Å²) in [4.78, 5) is 4.32. The number of aromatic nitrogens is 2. The first-order chi connectivity index (χ1) is 7.54. The van der Waals surface area contributed by atoms with Crippen LogP contribution in [0.1, 0.15) is 31.7 Å². The molecule has 5 nitrogen and oxygen atoms in total. The van der Waals surface area contributed by atoms with Gasteiger partial charge in [-0.2, -0.15) is 16.7 Å². The molecule has 6 heteroatoms. The molecule has 0 amide bonds. The van der Waals surface area contributed by atoms with Gasteiger partial charge in [-0.3, -0.25) is 0 Å². The minimum Gasteiger partial charge on any atom is -0.368 e. The minimum atomic E-state index is -0.327. The lowest BCUT2D eigenvalue weighted by atomic mass is 10.0. The molecule has 16 heavy (non-hydrogen) atoms. The Morgan fingerprint density at radius 3 is 3.00 bits per heavy atom. The van der Waals surface area contributed by atoms with Gasteiger partial charge in [-0.1, -0.05) is 5.16 Å². The first-order valence-electron chi connectivity index (χ1n) is 5.35. The standard InChI is InChI=1S/C10H17N3O2S/c1-10(2,11)5-8-12-9(13-15-8)7-6-16-4-3-14-7/h7H,3-6,11H2,1-2H3. The summed E-state index contributed by atoms with van der Waals surface area (Å²) in [6.07, 6.45) is 0.553. The van der Waals surface area contributed by atoms with Crippen molar-refractivity contribution < 1.29 is 9.26 Å². The molecule has 2 heterocycles. The molecule has 1 aromatic rings. The average Bonchev–Trinajstić information content (AvgIpc) is 2.65. The predicted octanol–water partition coefficient (Wildman–Crippen LogP) is 1.15. The maximum absolute atomic E-state index is 5.89. The van der Waals surface area contributed by atoms with Crippen LogP contribution in [0.4, 0.5) is 0 Å². The Morgan fingerprint density at radius 2 is 2.38 bits per heavy atom. The molecule has 0 bridgehead atoms. The number of hydrogen-bond acceptors (Lipinski definition) is 6. The van der Waals surface area contributed by atoms with Gasteiger partial charge in [-0.25, -0.2) is 0 Å². The van der Waals surface area contributed by atoms with Crippen LogP contribution in [0.15, 0.2) is 4.52 Å². The Balaban J connectivity index is 2.01. The molecule has 1 aliphatic rings. The molecule has 0 aliphatic carbocycles. The molecule has 2 N–H and O–H groups in total. The van der Waals surface area contributed by atoms with E-state index in [0.29, 0.717) is 18.1 Å². The van der Waals surface area contributed by atoms with E-state index >= 15 is 0 Å². The van der Waals surface area contributed by atoms with Crippen molar-refractivity contribution in [1.82, 2.24) is 10.1 Å². The van der Waals surface area contributed by atoms with Gasteiger partial charge in [-0.05, 0) is 13.8 Å². The van der Waals surface area contributed by atoms with Crippen LogP contribution in [0.5, 0.6) is 0 Å². The van der Waals surface area contributed by atoms with Gasteiger partial charge in [0.25, 0.3) is 0 Å². The maximum Gasteiger partial charge on any atom is 0.228 e. The highest BCUT2D eigenvalue weighted by Crippen LogP contribution is 2.24. The van der Waals surface area contributed by atoms with Crippen LogP contribution in [-0.2, 0) is 11.2 Å². The summed E-state index contributed by atoms with van der Waals surface area (Å²) in [6, 6.07) is 0. The topological polar surface area (TPSA) is 74.2 Å². The second kappa shape index (κ2) is 4.73. The van der Waals surface area contributed by atoms with Crippen molar-refractivity contribution in [1.29, 1.82) is 0 Å². The maximum atomic E-state index is 5.89. The van der Waals surface area contributed by atoms with E-state index in [-0.39, 0.29) is 11.6 Å². The van der Waals surface area contributed by atoms with Crippen molar-refractivity contribution in [2.45, 2.75) is 31.9 Å². The average molecular weight is 243 g/mol. The van der Waals surface area contributed by atoms with Crippen molar-refractivity contribution in [2.24, 2.45) is 5.73 Å². The van der Waals surface area contributed by atoms with E-state index in [1.54, 1.807) is 0 Å². The van der Waals surface area contributed by atoms with Crippen molar-refractivity contribution >= 4 is 11.8 Å². The number of rotatable bonds is 3. The molecular weight excluding hydrogens is 226 g/mol. The third kappa shape index (κ3) is 3.20.